The van der Waals surface area contributed by atoms with Gasteiger partial charge in [-0.05, 0) is 74.0 Å². The van der Waals surface area contributed by atoms with Crippen LogP contribution in [0.25, 0.3) is 0 Å². The molecule has 3 fully saturated rings. The summed E-state index contributed by atoms with van der Waals surface area (Å²) in [5.74, 6) is 6.19. The first kappa shape index (κ1) is 24.9. The van der Waals surface area contributed by atoms with Crippen molar-refractivity contribution in [3.8, 4) is 0 Å². The zero-order valence-corrected chi connectivity index (χ0v) is 21.6. The molecule has 32 heavy (non-hydrogen) atoms. The van der Waals surface area contributed by atoms with Gasteiger partial charge in [0.15, 0.2) is 0 Å². The molecule has 4 rings (SSSR count). The van der Waals surface area contributed by atoms with Crippen molar-refractivity contribution >= 4 is 0 Å². The summed E-state index contributed by atoms with van der Waals surface area (Å²) < 4.78 is 0. The maximum absolute atomic E-state index is 2.63. The van der Waals surface area contributed by atoms with E-state index in [1.807, 2.05) is 0 Å². The van der Waals surface area contributed by atoms with Crippen LogP contribution in [0.1, 0.15) is 154 Å². The Morgan fingerprint density at radius 3 is 1.62 bits per heavy atom. The number of rotatable bonds is 11. The van der Waals surface area contributed by atoms with Crippen LogP contribution >= 0.6 is 0 Å². The van der Waals surface area contributed by atoms with Gasteiger partial charge in [-0.2, -0.15) is 0 Å². The van der Waals surface area contributed by atoms with Gasteiger partial charge in [-0.3, -0.25) is 0 Å². The number of hydrogen-bond donors (Lipinski definition) is 0. The zero-order chi connectivity index (χ0) is 21.8. The van der Waals surface area contributed by atoms with E-state index in [4.69, 9.17) is 0 Å². The lowest BCUT2D eigenvalue weighted by atomic mass is 9.69. The monoisotopic (exact) mass is 440 g/mol. The fraction of sp³-hybridized carbons (Fsp3) is 0.938. The molecule has 0 bridgehead atoms. The second kappa shape index (κ2) is 14.2. The van der Waals surface area contributed by atoms with E-state index in [2.05, 4.69) is 12.2 Å². The standard InChI is InChI=1S/C32H56/c1-5-14-27(15-6-1)22-13-23-31(24-28-16-7-2-8-17-28)32(25-29-18-9-3-10-19-29)26-30-20-11-4-12-21-30/h7,16,27-32H,1-6,8-15,17-26H2. The summed E-state index contributed by atoms with van der Waals surface area (Å²) in [5, 5.41) is 0. The van der Waals surface area contributed by atoms with E-state index in [1.54, 1.807) is 64.2 Å². The van der Waals surface area contributed by atoms with Crippen molar-refractivity contribution in [1.29, 1.82) is 0 Å². The summed E-state index contributed by atoms with van der Waals surface area (Å²) in [7, 11) is 0. The first-order valence-corrected chi connectivity index (χ1v) is 15.5. The van der Waals surface area contributed by atoms with Gasteiger partial charge in [0.2, 0.25) is 0 Å². The third-order valence-electron chi connectivity index (χ3n) is 10.3. The lowest BCUT2D eigenvalue weighted by molar-refractivity contribution is 0.149. The Labute approximate surface area is 201 Å². The molecule has 3 saturated carbocycles. The van der Waals surface area contributed by atoms with Crippen molar-refractivity contribution in [2.45, 2.75) is 154 Å². The predicted octanol–water partition coefficient (Wildman–Crippen LogP) is 10.7. The van der Waals surface area contributed by atoms with Crippen LogP contribution in [0, 0.1) is 35.5 Å². The van der Waals surface area contributed by atoms with Crippen LogP contribution in [0.15, 0.2) is 12.2 Å². The highest BCUT2D eigenvalue weighted by molar-refractivity contribution is 4.94. The van der Waals surface area contributed by atoms with Gasteiger partial charge in [0.1, 0.15) is 0 Å². The van der Waals surface area contributed by atoms with Crippen molar-refractivity contribution in [2.24, 2.45) is 35.5 Å². The van der Waals surface area contributed by atoms with Gasteiger partial charge in [0.05, 0.1) is 0 Å². The molecule has 0 aliphatic heterocycles. The van der Waals surface area contributed by atoms with Gasteiger partial charge >= 0.3 is 0 Å². The third-order valence-corrected chi connectivity index (χ3v) is 10.3. The highest BCUT2D eigenvalue weighted by Gasteiger charge is 2.30. The smallest absolute Gasteiger partial charge is 0.0231 e. The Hall–Kier alpha value is -0.260. The van der Waals surface area contributed by atoms with E-state index >= 15 is 0 Å². The number of hydrogen-bond acceptors (Lipinski definition) is 0. The Balaban J connectivity index is 1.39. The topological polar surface area (TPSA) is 0 Å². The molecule has 0 saturated heterocycles. The fourth-order valence-electron chi connectivity index (χ4n) is 8.34. The van der Waals surface area contributed by atoms with Crippen molar-refractivity contribution in [1.82, 2.24) is 0 Å². The van der Waals surface area contributed by atoms with E-state index < -0.39 is 0 Å². The normalized spacial score (nSPS) is 27.7. The lowest BCUT2D eigenvalue weighted by Gasteiger charge is -2.37. The molecule has 0 aromatic heterocycles. The summed E-state index contributed by atoms with van der Waals surface area (Å²) in [6, 6.07) is 0. The highest BCUT2D eigenvalue weighted by atomic mass is 14.4. The van der Waals surface area contributed by atoms with E-state index in [-0.39, 0.29) is 0 Å². The van der Waals surface area contributed by atoms with E-state index in [0.29, 0.717) is 0 Å². The SMILES string of the molecule is C1=CC(CC(CCCC2CCCCC2)C(CC2CCCCC2)CC2CCCCC2)CCC1. The molecule has 4 aliphatic carbocycles. The molecule has 2 atom stereocenters. The van der Waals surface area contributed by atoms with Gasteiger partial charge in [0.25, 0.3) is 0 Å². The average molecular weight is 441 g/mol. The molecule has 4 aliphatic rings. The van der Waals surface area contributed by atoms with Gasteiger partial charge in [0, 0.05) is 0 Å². The molecule has 0 heterocycles. The minimum Gasteiger partial charge on any atom is -0.0883 e. The minimum atomic E-state index is 0.906. The highest BCUT2D eigenvalue weighted by Crippen LogP contribution is 2.42. The molecule has 0 spiro atoms. The van der Waals surface area contributed by atoms with Crippen LogP contribution in [0.4, 0.5) is 0 Å². The molecule has 0 aromatic carbocycles. The first-order chi connectivity index (χ1) is 15.9. The van der Waals surface area contributed by atoms with Crippen molar-refractivity contribution in [3.63, 3.8) is 0 Å². The fourth-order valence-corrected chi connectivity index (χ4v) is 8.34. The zero-order valence-electron chi connectivity index (χ0n) is 21.6. The largest absolute Gasteiger partial charge is 0.0883 e. The van der Waals surface area contributed by atoms with Crippen LogP contribution in [-0.4, -0.2) is 0 Å². The Kier molecular flexibility index (Phi) is 11.0. The van der Waals surface area contributed by atoms with Crippen molar-refractivity contribution in [2.75, 3.05) is 0 Å². The van der Waals surface area contributed by atoms with Gasteiger partial charge in [-0.15, -0.1) is 0 Å². The lowest BCUT2D eigenvalue weighted by Crippen LogP contribution is -2.25. The predicted molar refractivity (Wildman–Crippen MR) is 141 cm³/mol. The minimum absolute atomic E-state index is 0.906. The second-order valence-corrected chi connectivity index (χ2v) is 12.8. The van der Waals surface area contributed by atoms with E-state index in [1.165, 1.54) is 89.9 Å². The van der Waals surface area contributed by atoms with Gasteiger partial charge < -0.3 is 0 Å². The Morgan fingerprint density at radius 2 is 1.09 bits per heavy atom. The van der Waals surface area contributed by atoms with Crippen LogP contribution in [-0.2, 0) is 0 Å². The molecule has 0 amide bonds. The van der Waals surface area contributed by atoms with Crippen molar-refractivity contribution < 1.29 is 0 Å². The molecule has 0 N–H and O–H groups in total. The molecule has 0 aromatic rings. The van der Waals surface area contributed by atoms with Crippen LogP contribution < -0.4 is 0 Å². The summed E-state index contributed by atoms with van der Waals surface area (Å²) in [5.41, 5.74) is 0. The molecular formula is C32H56. The van der Waals surface area contributed by atoms with E-state index in [0.717, 1.165) is 35.5 Å². The second-order valence-electron chi connectivity index (χ2n) is 12.8. The summed E-state index contributed by atoms with van der Waals surface area (Å²) >= 11 is 0. The maximum Gasteiger partial charge on any atom is -0.0231 e. The molecule has 2 unspecified atom stereocenters. The quantitative estimate of drug-likeness (QED) is 0.280. The van der Waals surface area contributed by atoms with Crippen LogP contribution in [0.3, 0.4) is 0 Å². The number of allylic oxidation sites excluding steroid dienone is 2. The maximum atomic E-state index is 2.63. The Bertz CT molecular complexity index is 480. The van der Waals surface area contributed by atoms with Gasteiger partial charge in [-0.1, -0.05) is 128 Å². The third kappa shape index (κ3) is 8.51. The average Bonchev–Trinajstić information content (AvgIpc) is 2.86. The summed E-state index contributed by atoms with van der Waals surface area (Å²) in [4.78, 5) is 0. The van der Waals surface area contributed by atoms with Gasteiger partial charge in [-0.25, -0.2) is 0 Å². The first-order valence-electron chi connectivity index (χ1n) is 15.5. The molecule has 0 radical (unpaired) electrons. The molecule has 0 nitrogen and oxygen atoms in total. The van der Waals surface area contributed by atoms with Crippen molar-refractivity contribution in [3.05, 3.63) is 12.2 Å². The molecular weight excluding hydrogens is 384 g/mol. The van der Waals surface area contributed by atoms with E-state index in [9.17, 15) is 0 Å². The summed E-state index contributed by atoms with van der Waals surface area (Å²) in [6.45, 7) is 0. The Morgan fingerprint density at radius 1 is 0.531 bits per heavy atom. The molecule has 184 valence electrons. The summed E-state index contributed by atoms with van der Waals surface area (Å²) in [6.07, 6.45) is 41.8. The van der Waals surface area contributed by atoms with Crippen LogP contribution in [0.2, 0.25) is 0 Å². The van der Waals surface area contributed by atoms with Crippen LogP contribution in [0.5, 0.6) is 0 Å². The molecule has 0 heteroatoms.